The third-order valence-corrected chi connectivity index (χ3v) is 4.32. The molecule has 2 aliphatic heterocycles. The van der Waals surface area contributed by atoms with E-state index in [2.05, 4.69) is 15.3 Å². The van der Waals surface area contributed by atoms with Gasteiger partial charge in [-0.15, -0.1) is 0 Å². The van der Waals surface area contributed by atoms with Gasteiger partial charge in [0.05, 0.1) is 11.8 Å². The Bertz CT molecular complexity index is 466. The standard InChI is InChI=1S/C14H23N5O/c1-2-19-10-12(9-16-19)14(20)18-6-3-13(11-18)17-7-4-15-5-8-17/h9-10,13,15H,2-8,11H2,1H3. The first-order valence-electron chi connectivity index (χ1n) is 7.54. The summed E-state index contributed by atoms with van der Waals surface area (Å²) >= 11 is 0. The third kappa shape index (κ3) is 2.71. The van der Waals surface area contributed by atoms with E-state index < -0.39 is 0 Å². The van der Waals surface area contributed by atoms with Crippen LogP contribution in [0.4, 0.5) is 0 Å². The van der Waals surface area contributed by atoms with Crippen molar-refractivity contribution in [3.8, 4) is 0 Å². The summed E-state index contributed by atoms with van der Waals surface area (Å²) in [4.78, 5) is 16.9. The molecule has 2 aliphatic rings. The van der Waals surface area contributed by atoms with E-state index in [0.717, 1.165) is 52.2 Å². The van der Waals surface area contributed by atoms with Crippen molar-refractivity contribution >= 4 is 5.91 Å². The van der Waals surface area contributed by atoms with Gasteiger partial charge in [0.1, 0.15) is 0 Å². The van der Waals surface area contributed by atoms with Crippen molar-refractivity contribution in [1.82, 2.24) is 24.9 Å². The molecule has 1 aromatic rings. The second kappa shape index (κ2) is 5.93. The van der Waals surface area contributed by atoms with Crippen LogP contribution in [-0.2, 0) is 6.54 Å². The van der Waals surface area contributed by atoms with E-state index in [4.69, 9.17) is 0 Å². The van der Waals surface area contributed by atoms with Gasteiger partial charge in [0.2, 0.25) is 0 Å². The largest absolute Gasteiger partial charge is 0.337 e. The summed E-state index contributed by atoms with van der Waals surface area (Å²) in [7, 11) is 0. The van der Waals surface area contributed by atoms with Crippen molar-refractivity contribution in [2.45, 2.75) is 25.9 Å². The number of carbonyl (C=O) groups excluding carboxylic acids is 1. The predicted molar refractivity (Wildman–Crippen MR) is 76.7 cm³/mol. The SMILES string of the molecule is CCn1cc(C(=O)N2CCC(N3CCNCC3)C2)cn1. The first-order valence-corrected chi connectivity index (χ1v) is 7.54. The Morgan fingerprint density at radius 3 is 2.90 bits per heavy atom. The van der Waals surface area contributed by atoms with Gasteiger partial charge in [-0.05, 0) is 13.3 Å². The van der Waals surface area contributed by atoms with Crippen molar-refractivity contribution in [2.75, 3.05) is 39.3 Å². The van der Waals surface area contributed by atoms with Gasteiger partial charge in [-0.25, -0.2) is 0 Å². The number of aryl methyl sites for hydroxylation is 1. The highest BCUT2D eigenvalue weighted by molar-refractivity contribution is 5.93. The molecule has 2 fully saturated rings. The summed E-state index contributed by atoms with van der Waals surface area (Å²) in [5.41, 5.74) is 0.716. The van der Waals surface area contributed by atoms with E-state index in [0.29, 0.717) is 11.6 Å². The summed E-state index contributed by atoms with van der Waals surface area (Å²) in [6, 6.07) is 0.530. The maximum absolute atomic E-state index is 12.4. The van der Waals surface area contributed by atoms with E-state index in [1.54, 1.807) is 10.9 Å². The topological polar surface area (TPSA) is 53.4 Å². The Kier molecular flexibility index (Phi) is 4.03. The molecule has 3 heterocycles. The molecule has 6 heteroatoms. The summed E-state index contributed by atoms with van der Waals surface area (Å²) in [6.07, 6.45) is 4.62. The number of likely N-dealkylation sites (tertiary alicyclic amines) is 1. The molecule has 0 radical (unpaired) electrons. The van der Waals surface area contributed by atoms with Crippen LogP contribution >= 0.6 is 0 Å². The molecule has 110 valence electrons. The number of nitrogens with zero attached hydrogens (tertiary/aromatic N) is 4. The summed E-state index contributed by atoms with van der Waals surface area (Å²) in [5.74, 6) is 0.127. The number of amides is 1. The van der Waals surface area contributed by atoms with Gasteiger partial charge in [-0.2, -0.15) is 5.10 Å². The van der Waals surface area contributed by atoms with Crippen LogP contribution in [0.25, 0.3) is 0 Å². The van der Waals surface area contributed by atoms with Gasteiger partial charge in [0, 0.05) is 58.1 Å². The number of rotatable bonds is 3. The van der Waals surface area contributed by atoms with E-state index in [1.165, 1.54) is 0 Å². The number of carbonyl (C=O) groups is 1. The fourth-order valence-corrected chi connectivity index (χ4v) is 3.10. The smallest absolute Gasteiger partial charge is 0.257 e. The predicted octanol–water partition coefficient (Wildman–Crippen LogP) is 0.0227. The highest BCUT2D eigenvalue weighted by Gasteiger charge is 2.31. The lowest BCUT2D eigenvalue weighted by Crippen LogP contribution is -2.49. The zero-order valence-corrected chi connectivity index (χ0v) is 12.1. The number of piperazine rings is 1. The zero-order chi connectivity index (χ0) is 13.9. The second-order valence-corrected chi connectivity index (χ2v) is 5.56. The number of hydrogen-bond acceptors (Lipinski definition) is 4. The molecule has 0 bridgehead atoms. The average Bonchev–Trinajstić information content (AvgIpc) is 3.17. The minimum atomic E-state index is 0.127. The molecule has 1 unspecified atom stereocenters. The van der Waals surface area contributed by atoms with Crippen LogP contribution in [0.3, 0.4) is 0 Å². The first-order chi connectivity index (χ1) is 9.78. The average molecular weight is 277 g/mol. The molecular formula is C14H23N5O. The van der Waals surface area contributed by atoms with Crippen LogP contribution in [0.1, 0.15) is 23.7 Å². The second-order valence-electron chi connectivity index (χ2n) is 5.56. The van der Waals surface area contributed by atoms with Crippen LogP contribution < -0.4 is 5.32 Å². The van der Waals surface area contributed by atoms with Crippen molar-refractivity contribution in [3.05, 3.63) is 18.0 Å². The molecule has 2 saturated heterocycles. The highest BCUT2D eigenvalue weighted by Crippen LogP contribution is 2.18. The highest BCUT2D eigenvalue weighted by atomic mass is 16.2. The maximum Gasteiger partial charge on any atom is 0.257 e. The molecule has 0 spiro atoms. The number of hydrogen-bond donors (Lipinski definition) is 1. The zero-order valence-electron chi connectivity index (χ0n) is 12.1. The molecule has 0 saturated carbocycles. The molecule has 0 aromatic carbocycles. The Morgan fingerprint density at radius 2 is 2.20 bits per heavy atom. The maximum atomic E-state index is 12.4. The van der Waals surface area contributed by atoms with Crippen LogP contribution in [0, 0.1) is 0 Å². The van der Waals surface area contributed by atoms with Crippen LogP contribution in [-0.4, -0.2) is 70.8 Å². The van der Waals surface area contributed by atoms with Crippen molar-refractivity contribution < 1.29 is 4.79 Å². The van der Waals surface area contributed by atoms with Crippen molar-refractivity contribution in [2.24, 2.45) is 0 Å². The van der Waals surface area contributed by atoms with Gasteiger partial charge in [0.15, 0.2) is 0 Å². The lowest BCUT2D eigenvalue weighted by atomic mass is 10.2. The van der Waals surface area contributed by atoms with E-state index in [1.807, 2.05) is 18.0 Å². The van der Waals surface area contributed by atoms with Crippen molar-refractivity contribution in [3.63, 3.8) is 0 Å². The fourth-order valence-electron chi connectivity index (χ4n) is 3.10. The molecule has 20 heavy (non-hydrogen) atoms. The summed E-state index contributed by atoms with van der Waals surface area (Å²) in [6.45, 7) is 8.87. The van der Waals surface area contributed by atoms with E-state index in [9.17, 15) is 4.79 Å². The van der Waals surface area contributed by atoms with Crippen molar-refractivity contribution in [1.29, 1.82) is 0 Å². The Labute approximate surface area is 119 Å². The summed E-state index contributed by atoms with van der Waals surface area (Å²) < 4.78 is 1.80. The molecule has 0 aliphatic carbocycles. The molecule has 1 amide bonds. The molecule has 1 atom stereocenters. The quantitative estimate of drug-likeness (QED) is 0.846. The fraction of sp³-hybridized carbons (Fsp3) is 0.714. The summed E-state index contributed by atoms with van der Waals surface area (Å²) in [5, 5.41) is 7.56. The van der Waals surface area contributed by atoms with Gasteiger partial charge in [-0.3, -0.25) is 14.4 Å². The minimum Gasteiger partial charge on any atom is -0.337 e. The Balaban J connectivity index is 1.60. The van der Waals surface area contributed by atoms with Crippen LogP contribution in [0.2, 0.25) is 0 Å². The molecule has 1 N–H and O–H groups in total. The number of aromatic nitrogens is 2. The Hall–Kier alpha value is -1.40. The monoisotopic (exact) mass is 277 g/mol. The number of nitrogens with one attached hydrogen (secondary N) is 1. The van der Waals surface area contributed by atoms with Crippen LogP contribution in [0.15, 0.2) is 12.4 Å². The third-order valence-electron chi connectivity index (χ3n) is 4.32. The van der Waals surface area contributed by atoms with Gasteiger partial charge < -0.3 is 10.2 Å². The van der Waals surface area contributed by atoms with E-state index >= 15 is 0 Å². The van der Waals surface area contributed by atoms with Gasteiger partial charge in [-0.1, -0.05) is 0 Å². The molecular weight excluding hydrogens is 254 g/mol. The normalized spacial score (nSPS) is 24.2. The first kappa shape index (κ1) is 13.6. The molecule has 1 aromatic heterocycles. The molecule has 6 nitrogen and oxygen atoms in total. The lowest BCUT2D eigenvalue weighted by molar-refractivity contribution is 0.0773. The Morgan fingerprint density at radius 1 is 1.40 bits per heavy atom. The minimum absolute atomic E-state index is 0.127. The van der Waals surface area contributed by atoms with Gasteiger partial charge >= 0.3 is 0 Å². The van der Waals surface area contributed by atoms with Gasteiger partial charge in [0.25, 0.3) is 5.91 Å². The lowest BCUT2D eigenvalue weighted by Gasteiger charge is -2.32. The van der Waals surface area contributed by atoms with E-state index in [-0.39, 0.29) is 5.91 Å². The molecule has 3 rings (SSSR count). The van der Waals surface area contributed by atoms with Crippen LogP contribution in [0.5, 0.6) is 0 Å².